The zero-order valence-corrected chi connectivity index (χ0v) is 17.0. The van der Waals surface area contributed by atoms with Crippen LogP contribution in [0.2, 0.25) is 0 Å². The van der Waals surface area contributed by atoms with Crippen molar-refractivity contribution >= 4 is 17.9 Å². The average Bonchev–Trinajstić information content (AvgIpc) is 3.46. The van der Waals surface area contributed by atoms with Crippen LogP contribution in [0.15, 0.2) is 24.3 Å². The van der Waals surface area contributed by atoms with Crippen molar-refractivity contribution in [3.63, 3.8) is 0 Å². The van der Waals surface area contributed by atoms with Gasteiger partial charge in [-0.15, -0.1) is 0 Å². The maximum Gasteiger partial charge on any atom is 0.417 e. The standard InChI is InChI=1S/C20H22N4O6/c1-22-16(9-15(21-22)14-8-13(28-2)4-5-17(14)29-3)19(26)23-7-6-12(10-23)24-18(25)11-30-20(24)27/h4-5,8-9,12H,6-7,10-11H2,1-3H3/t12-/m1/s1. The van der Waals surface area contributed by atoms with Gasteiger partial charge in [-0.25, -0.2) is 9.69 Å². The lowest BCUT2D eigenvalue weighted by Gasteiger charge is -2.20. The summed E-state index contributed by atoms with van der Waals surface area (Å²) >= 11 is 0. The van der Waals surface area contributed by atoms with Crippen molar-refractivity contribution in [1.29, 1.82) is 0 Å². The van der Waals surface area contributed by atoms with Gasteiger partial charge >= 0.3 is 6.09 Å². The third-order valence-electron chi connectivity index (χ3n) is 5.38. The summed E-state index contributed by atoms with van der Waals surface area (Å²) in [6, 6.07) is 6.69. The number of amides is 3. The number of likely N-dealkylation sites (tertiary alicyclic amines) is 1. The molecular formula is C20H22N4O6. The minimum atomic E-state index is -0.646. The number of benzene rings is 1. The van der Waals surface area contributed by atoms with E-state index in [2.05, 4.69) is 5.10 Å². The van der Waals surface area contributed by atoms with Crippen molar-refractivity contribution in [2.75, 3.05) is 33.9 Å². The van der Waals surface area contributed by atoms with E-state index in [9.17, 15) is 14.4 Å². The number of cyclic esters (lactones) is 1. The number of carbonyl (C=O) groups excluding carboxylic acids is 3. The van der Waals surface area contributed by atoms with Crippen LogP contribution in [0.4, 0.5) is 4.79 Å². The minimum absolute atomic E-state index is 0.222. The molecule has 2 aliphatic rings. The second-order valence-electron chi connectivity index (χ2n) is 7.12. The molecule has 3 heterocycles. The number of ether oxygens (including phenoxy) is 3. The maximum absolute atomic E-state index is 13.1. The van der Waals surface area contributed by atoms with Crippen LogP contribution < -0.4 is 9.47 Å². The molecule has 0 aliphatic carbocycles. The number of hydrogen-bond donors (Lipinski definition) is 0. The quantitative estimate of drug-likeness (QED) is 0.726. The molecule has 1 atom stereocenters. The molecule has 0 N–H and O–H groups in total. The van der Waals surface area contributed by atoms with Crippen molar-refractivity contribution in [2.24, 2.45) is 7.05 Å². The number of methoxy groups -OCH3 is 2. The van der Waals surface area contributed by atoms with Crippen LogP contribution in [0, 0.1) is 0 Å². The molecule has 2 aromatic rings. The average molecular weight is 414 g/mol. The summed E-state index contributed by atoms with van der Waals surface area (Å²) in [4.78, 5) is 39.5. The van der Waals surface area contributed by atoms with E-state index >= 15 is 0 Å². The van der Waals surface area contributed by atoms with Gasteiger partial charge in [-0.05, 0) is 30.7 Å². The molecule has 4 rings (SSSR count). The van der Waals surface area contributed by atoms with E-state index in [0.29, 0.717) is 41.4 Å². The van der Waals surface area contributed by atoms with E-state index in [1.54, 1.807) is 50.4 Å². The highest BCUT2D eigenvalue weighted by Gasteiger charge is 2.41. The zero-order valence-electron chi connectivity index (χ0n) is 17.0. The Labute approximate surface area is 172 Å². The van der Waals surface area contributed by atoms with Gasteiger partial charge in [-0.3, -0.25) is 14.3 Å². The Hall–Kier alpha value is -3.56. The highest BCUT2D eigenvalue weighted by Crippen LogP contribution is 2.33. The molecule has 10 nitrogen and oxygen atoms in total. The molecule has 2 saturated heterocycles. The summed E-state index contributed by atoms with van der Waals surface area (Å²) in [6.45, 7) is 0.461. The summed E-state index contributed by atoms with van der Waals surface area (Å²) in [7, 11) is 4.83. The topological polar surface area (TPSA) is 103 Å². The van der Waals surface area contributed by atoms with Crippen LogP contribution in [-0.4, -0.2) is 77.4 Å². The smallest absolute Gasteiger partial charge is 0.417 e. The van der Waals surface area contributed by atoms with Crippen LogP contribution in [0.25, 0.3) is 11.3 Å². The van der Waals surface area contributed by atoms with Crippen LogP contribution >= 0.6 is 0 Å². The molecule has 2 fully saturated rings. The van der Waals surface area contributed by atoms with Gasteiger partial charge in [-0.1, -0.05) is 0 Å². The van der Waals surface area contributed by atoms with E-state index < -0.39 is 6.09 Å². The van der Waals surface area contributed by atoms with E-state index in [1.165, 1.54) is 4.68 Å². The Morgan fingerprint density at radius 1 is 1.20 bits per heavy atom. The van der Waals surface area contributed by atoms with E-state index in [1.807, 2.05) is 0 Å². The predicted molar refractivity (Wildman–Crippen MR) is 104 cm³/mol. The Bertz CT molecular complexity index is 1000. The summed E-state index contributed by atoms with van der Waals surface area (Å²) < 4.78 is 17.0. The van der Waals surface area contributed by atoms with Gasteiger partial charge in [0, 0.05) is 25.7 Å². The molecule has 0 radical (unpaired) electrons. The first-order chi connectivity index (χ1) is 14.4. The van der Waals surface area contributed by atoms with E-state index in [-0.39, 0.29) is 31.0 Å². The Kier molecular flexibility index (Phi) is 5.06. The van der Waals surface area contributed by atoms with Crippen molar-refractivity contribution in [3.05, 3.63) is 30.0 Å². The number of carbonyl (C=O) groups is 3. The lowest BCUT2D eigenvalue weighted by atomic mass is 10.1. The third-order valence-corrected chi connectivity index (χ3v) is 5.38. The van der Waals surface area contributed by atoms with Gasteiger partial charge in [0.05, 0.1) is 26.0 Å². The second kappa shape index (κ2) is 7.69. The number of aryl methyl sites for hydroxylation is 1. The molecule has 0 saturated carbocycles. The van der Waals surface area contributed by atoms with Gasteiger partial charge in [0.2, 0.25) is 0 Å². The number of aromatic nitrogens is 2. The zero-order chi connectivity index (χ0) is 21.4. The highest BCUT2D eigenvalue weighted by atomic mass is 16.6. The van der Waals surface area contributed by atoms with Crippen LogP contribution in [0.3, 0.4) is 0 Å². The SMILES string of the molecule is COc1ccc(OC)c(-c2cc(C(=O)N3CC[C@@H](N4C(=O)COC4=O)C3)n(C)n2)c1. The predicted octanol–water partition coefficient (Wildman–Crippen LogP) is 1.30. The largest absolute Gasteiger partial charge is 0.497 e. The number of imide groups is 1. The fraction of sp³-hybridized carbons (Fsp3) is 0.400. The molecule has 0 unspecified atom stereocenters. The fourth-order valence-electron chi connectivity index (χ4n) is 3.83. The van der Waals surface area contributed by atoms with Crippen LogP contribution in [0.5, 0.6) is 11.5 Å². The Morgan fingerprint density at radius 3 is 2.67 bits per heavy atom. The normalized spacial score (nSPS) is 18.7. The molecule has 158 valence electrons. The molecule has 2 aliphatic heterocycles. The minimum Gasteiger partial charge on any atom is -0.497 e. The first kappa shape index (κ1) is 19.7. The van der Waals surface area contributed by atoms with Gasteiger partial charge in [0.15, 0.2) is 6.61 Å². The molecule has 30 heavy (non-hydrogen) atoms. The second-order valence-corrected chi connectivity index (χ2v) is 7.12. The van der Waals surface area contributed by atoms with Gasteiger partial charge in [0.25, 0.3) is 11.8 Å². The lowest BCUT2D eigenvalue weighted by molar-refractivity contribution is -0.127. The van der Waals surface area contributed by atoms with Gasteiger partial charge in [0.1, 0.15) is 17.2 Å². The Morgan fingerprint density at radius 2 is 2.00 bits per heavy atom. The van der Waals surface area contributed by atoms with Gasteiger partial charge in [-0.2, -0.15) is 5.10 Å². The van der Waals surface area contributed by atoms with E-state index in [0.717, 1.165) is 4.90 Å². The molecule has 0 bridgehead atoms. The van der Waals surface area contributed by atoms with Gasteiger partial charge < -0.3 is 19.1 Å². The third kappa shape index (κ3) is 3.34. The van der Waals surface area contributed by atoms with Crippen molar-refractivity contribution < 1.29 is 28.6 Å². The number of rotatable bonds is 5. The Balaban J connectivity index is 1.56. The summed E-state index contributed by atoms with van der Waals surface area (Å²) in [5.74, 6) is 0.668. The molecule has 1 aromatic carbocycles. The first-order valence-corrected chi connectivity index (χ1v) is 9.47. The van der Waals surface area contributed by atoms with Crippen molar-refractivity contribution in [2.45, 2.75) is 12.5 Å². The maximum atomic E-state index is 13.1. The summed E-state index contributed by atoms with van der Waals surface area (Å²) in [6.07, 6.45) is -0.131. The lowest BCUT2D eigenvalue weighted by Crippen LogP contribution is -2.42. The first-order valence-electron chi connectivity index (χ1n) is 9.47. The number of nitrogens with zero attached hydrogens (tertiary/aromatic N) is 4. The molecule has 10 heteroatoms. The highest BCUT2D eigenvalue weighted by molar-refractivity contribution is 5.98. The number of hydrogen-bond acceptors (Lipinski definition) is 7. The van der Waals surface area contributed by atoms with E-state index in [4.69, 9.17) is 14.2 Å². The van der Waals surface area contributed by atoms with Crippen molar-refractivity contribution in [3.8, 4) is 22.8 Å². The molecular weight excluding hydrogens is 392 g/mol. The molecule has 1 aromatic heterocycles. The fourth-order valence-corrected chi connectivity index (χ4v) is 3.83. The summed E-state index contributed by atoms with van der Waals surface area (Å²) in [5, 5.41) is 4.47. The van der Waals surface area contributed by atoms with Crippen LogP contribution in [-0.2, 0) is 16.6 Å². The monoisotopic (exact) mass is 414 g/mol. The molecule has 3 amide bonds. The summed E-state index contributed by atoms with van der Waals surface area (Å²) in [5.41, 5.74) is 1.67. The molecule has 0 spiro atoms. The van der Waals surface area contributed by atoms with Crippen molar-refractivity contribution in [1.82, 2.24) is 19.6 Å². The van der Waals surface area contributed by atoms with Crippen LogP contribution in [0.1, 0.15) is 16.9 Å².